The van der Waals surface area contributed by atoms with Crippen LogP contribution in [0.4, 0.5) is 5.69 Å². The van der Waals surface area contributed by atoms with Crippen LogP contribution in [0.1, 0.15) is 0 Å². The summed E-state index contributed by atoms with van der Waals surface area (Å²) in [6, 6.07) is 6.82. The van der Waals surface area contributed by atoms with Gasteiger partial charge in [-0.25, -0.2) is 5.14 Å². The molecule has 0 atom stereocenters. The van der Waals surface area contributed by atoms with Crippen molar-refractivity contribution in [3.8, 4) is 0 Å². The van der Waals surface area contributed by atoms with Crippen molar-refractivity contribution in [2.75, 3.05) is 11.4 Å². The minimum Gasteiger partial charge on any atom is -0.261 e. The number of anilines is 1. The fourth-order valence-corrected chi connectivity index (χ4v) is 1.48. The summed E-state index contributed by atoms with van der Waals surface area (Å²) in [6.07, 6.45) is 0. The Hall–Kier alpha value is -0.590. The van der Waals surface area contributed by atoms with Gasteiger partial charge in [-0.15, -0.1) is 0 Å². The van der Waals surface area contributed by atoms with E-state index in [0.717, 1.165) is 8.78 Å². The smallest absolute Gasteiger partial charge is 0.261 e. The molecule has 0 saturated carbocycles. The predicted molar refractivity (Wildman–Crippen MR) is 55.7 cm³/mol. The molecule has 72 valence electrons. The third-order valence-corrected chi connectivity index (χ3v) is 3.07. The first-order valence-corrected chi connectivity index (χ1v) is 5.73. The highest BCUT2D eigenvalue weighted by Crippen LogP contribution is 2.18. The first-order valence-electron chi connectivity index (χ1n) is 3.43. The topological polar surface area (TPSA) is 63.4 Å². The average Bonchev–Trinajstić information content (AvgIpc) is 2.03. The Morgan fingerprint density at radius 3 is 2.15 bits per heavy atom. The van der Waals surface area contributed by atoms with Crippen LogP contribution >= 0.6 is 15.9 Å². The number of benzene rings is 1. The molecule has 0 radical (unpaired) electrons. The summed E-state index contributed by atoms with van der Waals surface area (Å²) < 4.78 is 23.7. The molecule has 4 nitrogen and oxygen atoms in total. The van der Waals surface area contributed by atoms with Gasteiger partial charge in [-0.05, 0) is 24.3 Å². The molecule has 0 amide bonds. The van der Waals surface area contributed by atoms with E-state index < -0.39 is 10.2 Å². The molecule has 6 heteroatoms. The van der Waals surface area contributed by atoms with Gasteiger partial charge in [-0.3, -0.25) is 4.31 Å². The molecule has 1 aromatic rings. The van der Waals surface area contributed by atoms with E-state index in [9.17, 15) is 8.42 Å². The van der Waals surface area contributed by atoms with E-state index in [4.69, 9.17) is 5.14 Å². The highest BCUT2D eigenvalue weighted by Gasteiger charge is 2.11. The molecule has 2 N–H and O–H groups in total. The highest BCUT2D eigenvalue weighted by atomic mass is 79.9. The SMILES string of the molecule is CN(c1ccc(Br)cc1)S(N)(=O)=O. The molecule has 0 heterocycles. The van der Waals surface area contributed by atoms with Crippen molar-refractivity contribution in [1.29, 1.82) is 0 Å². The van der Waals surface area contributed by atoms with Gasteiger partial charge in [0.15, 0.2) is 0 Å². The lowest BCUT2D eigenvalue weighted by Crippen LogP contribution is -2.32. The molecule has 0 aromatic heterocycles. The first-order chi connectivity index (χ1) is 5.91. The summed E-state index contributed by atoms with van der Waals surface area (Å²) >= 11 is 3.25. The minimum atomic E-state index is -3.65. The third-order valence-electron chi connectivity index (χ3n) is 1.57. The number of halogens is 1. The zero-order valence-corrected chi connectivity index (χ0v) is 9.34. The lowest BCUT2D eigenvalue weighted by molar-refractivity contribution is 0.596. The van der Waals surface area contributed by atoms with Gasteiger partial charge in [0.1, 0.15) is 0 Å². The molecular formula is C7H9BrN2O2S. The maximum Gasteiger partial charge on any atom is 0.298 e. The van der Waals surface area contributed by atoms with Crippen molar-refractivity contribution >= 4 is 31.8 Å². The van der Waals surface area contributed by atoms with Crippen LogP contribution in [0.5, 0.6) is 0 Å². The maximum absolute atomic E-state index is 10.9. The number of hydrogen-bond acceptors (Lipinski definition) is 2. The van der Waals surface area contributed by atoms with Gasteiger partial charge in [0.25, 0.3) is 10.2 Å². The maximum atomic E-state index is 10.9. The van der Waals surface area contributed by atoms with Gasteiger partial charge in [-0.1, -0.05) is 15.9 Å². The quantitative estimate of drug-likeness (QED) is 0.869. The van der Waals surface area contributed by atoms with Crippen LogP contribution in [0.3, 0.4) is 0 Å². The second kappa shape index (κ2) is 3.65. The molecule has 0 fully saturated rings. The van der Waals surface area contributed by atoms with Gasteiger partial charge >= 0.3 is 0 Å². The Bertz CT molecular complexity index is 387. The Labute approximate surface area is 85.7 Å². The van der Waals surface area contributed by atoms with E-state index in [1.165, 1.54) is 7.05 Å². The highest BCUT2D eigenvalue weighted by molar-refractivity contribution is 9.10. The van der Waals surface area contributed by atoms with Crippen LogP contribution in [0, 0.1) is 0 Å². The van der Waals surface area contributed by atoms with E-state index in [0.29, 0.717) is 5.69 Å². The second-order valence-electron chi connectivity index (χ2n) is 2.49. The lowest BCUT2D eigenvalue weighted by Gasteiger charge is -2.15. The van der Waals surface area contributed by atoms with Crippen molar-refractivity contribution in [1.82, 2.24) is 0 Å². The summed E-state index contributed by atoms with van der Waals surface area (Å²) in [7, 11) is -2.25. The van der Waals surface area contributed by atoms with Crippen molar-refractivity contribution in [2.24, 2.45) is 5.14 Å². The number of rotatable bonds is 2. The zero-order chi connectivity index (χ0) is 10.1. The average molecular weight is 265 g/mol. The van der Waals surface area contributed by atoms with E-state index in [1.54, 1.807) is 24.3 Å². The molecule has 0 saturated heterocycles. The van der Waals surface area contributed by atoms with Gasteiger partial charge in [0.2, 0.25) is 0 Å². The second-order valence-corrected chi connectivity index (χ2v) is 4.98. The standard InChI is InChI=1S/C7H9BrN2O2S/c1-10(13(9,11)12)7-4-2-6(8)3-5-7/h2-5H,1H3,(H2,9,11,12). The molecule has 0 aliphatic rings. The summed E-state index contributed by atoms with van der Waals surface area (Å²) in [5.74, 6) is 0. The van der Waals surface area contributed by atoms with Crippen LogP contribution in [0.2, 0.25) is 0 Å². The Balaban J connectivity index is 3.04. The monoisotopic (exact) mass is 264 g/mol. The summed E-state index contributed by atoms with van der Waals surface area (Å²) in [5.41, 5.74) is 0.533. The molecule has 13 heavy (non-hydrogen) atoms. The van der Waals surface area contributed by atoms with Crippen molar-refractivity contribution in [2.45, 2.75) is 0 Å². The van der Waals surface area contributed by atoms with Crippen LogP contribution in [-0.4, -0.2) is 15.5 Å². The normalized spacial score (nSPS) is 11.3. The molecule has 0 unspecified atom stereocenters. The molecule has 0 aliphatic carbocycles. The molecular weight excluding hydrogens is 256 g/mol. The zero-order valence-electron chi connectivity index (χ0n) is 6.94. The minimum absolute atomic E-state index is 0.533. The molecule has 1 rings (SSSR count). The van der Waals surface area contributed by atoms with Gasteiger partial charge < -0.3 is 0 Å². The Morgan fingerprint density at radius 2 is 1.77 bits per heavy atom. The number of nitrogens with zero attached hydrogens (tertiary/aromatic N) is 1. The summed E-state index contributed by atoms with van der Waals surface area (Å²) in [4.78, 5) is 0. The third kappa shape index (κ3) is 2.68. The first kappa shape index (κ1) is 10.5. The van der Waals surface area contributed by atoms with Crippen molar-refractivity contribution in [3.05, 3.63) is 28.7 Å². The molecule has 0 bridgehead atoms. The van der Waals surface area contributed by atoms with E-state index in [1.807, 2.05) is 0 Å². The Kier molecular flexibility index (Phi) is 2.94. The lowest BCUT2D eigenvalue weighted by atomic mass is 10.3. The van der Waals surface area contributed by atoms with Gasteiger partial charge in [0.05, 0.1) is 5.69 Å². The van der Waals surface area contributed by atoms with Crippen LogP contribution < -0.4 is 9.44 Å². The molecule has 0 spiro atoms. The van der Waals surface area contributed by atoms with Crippen molar-refractivity contribution in [3.63, 3.8) is 0 Å². The molecule has 0 aliphatic heterocycles. The number of nitrogens with two attached hydrogens (primary N) is 1. The fraction of sp³-hybridized carbons (Fsp3) is 0.143. The van der Waals surface area contributed by atoms with Crippen LogP contribution in [-0.2, 0) is 10.2 Å². The van der Waals surface area contributed by atoms with E-state index in [-0.39, 0.29) is 0 Å². The largest absolute Gasteiger partial charge is 0.298 e. The Morgan fingerprint density at radius 1 is 1.31 bits per heavy atom. The summed E-state index contributed by atoms with van der Waals surface area (Å²) in [6.45, 7) is 0. The fourth-order valence-electron chi connectivity index (χ4n) is 0.798. The summed E-state index contributed by atoms with van der Waals surface area (Å²) in [5, 5.41) is 4.94. The van der Waals surface area contributed by atoms with Gasteiger partial charge in [0, 0.05) is 11.5 Å². The van der Waals surface area contributed by atoms with Gasteiger partial charge in [-0.2, -0.15) is 8.42 Å². The van der Waals surface area contributed by atoms with Crippen LogP contribution in [0.25, 0.3) is 0 Å². The molecule has 1 aromatic carbocycles. The van der Waals surface area contributed by atoms with E-state index in [2.05, 4.69) is 15.9 Å². The van der Waals surface area contributed by atoms with Crippen LogP contribution in [0.15, 0.2) is 28.7 Å². The predicted octanol–water partition coefficient (Wildman–Crippen LogP) is 1.09. The van der Waals surface area contributed by atoms with Crippen molar-refractivity contribution < 1.29 is 8.42 Å². The van der Waals surface area contributed by atoms with E-state index >= 15 is 0 Å². The number of hydrogen-bond donors (Lipinski definition) is 1.